The lowest BCUT2D eigenvalue weighted by atomic mass is 9.83. The van der Waals surface area contributed by atoms with Gasteiger partial charge in [-0.1, -0.05) is 39.8 Å². The lowest BCUT2D eigenvalue weighted by Crippen LogP contribution is -2.55. The van der Waals surface area contributed by atoms with Gasteiger partial charge in [0.1, 0.15) is 11.7 Å². The van der Waals surface area contributed by atoms with Gasteiger partial charge in [0.05, 0.1) is 30.0 Å². The number of carbonyl (C=O) groups is 1. The molecule has 1 fully saturated rings. The Morgan fingerprint density at radius 3 is 2.39 bits per heavy atom. The van der Waals surface area contributed by atoms with E-state index in [2.05, 4.69) is 57.2 Å². The molecule has 3 heterocycles. The van der Waals surface area contributed by atoms with E-state index in [0.717, 1.165) is 22.4 Å². The van der Waals surface area contributed by atoms with E-state index in [1.54, 1.807) is 28.1 Å². The average molecular weight is 691 g/mol. The maximum Gasteiger partial charge on any atom is 0.414 e. The number of aromatic nitrogens is 2. The summed E-state index contributed by atoms with van der Waals surface area (Å²) >= 11 is 0. The summed E-state index contributed by atoms with van der Waals surface area (Å²) in [5, 5.41) is 13.7. The number of nitrogens with zero attached hydrogens (tertiary/aromatic N) is 5. The Labute approximate surface area is 289 Å². The number of carbonyl (C=O) groups excluding carboxylic acids is 1. The van der Waals surface area contributed by atoms with Gasteiger partial charge in [-0.3, -0.25) is 9.80 Å². The van der Waals surface area contributed by atoms with Gasteiger partial charge in [0.2, 0.25) is 5.95 Å². The number of nitriles is 1. The monoisotopic (exact) mass is 690 g/mol. The molecule has 0 saturated carbocycles. The van der Waals surface area contributed by atoms with Crippen molar-refractivity contribution in [2.45, 2.75) is 97.0 Å². The van der Waals surface area contributed by atoms with Crippen molar-refractivity contribution < 1.29 is 22.7 Å². The lowest BCUT2D eigenvalue weighted by Gasteiger charge is -2.39. The molecular weight excluding hydrogens is 643 g/mol. The largest absolute Gasteiger partial charge is 0.443 e. The number of halogens is 2. The van der Waals surface area contributed by atoms with Crippen molar-refractivity contribution in [2.75, 3.05) is 36.5 Å². The third kappa shape index (κ3) is 7.95. The van der Waals surface area contributed by atoms with E-state index in [4.69, 9.17) is 14.1 Å². The number of hydrogen-bond acceptors (Lipinski definition) is 8. The van der Waals surface area contributed by atoms with Crippen LogP contribution in [0.2, 0.25) is 18.1 Å². The minimum atomic E-state index is -2.62. The average Bonchev–Trinajstić information content (AvgIpc) is 3.28. The Kier molecular flexibility index (Phi) is 9.46. The van der Waals surface area contributed by atoms with Gasteiger partial charge in [0.15, 0.2) is 8.32 Å². The first-order valence-electron chi connectivity index (χ1n) is 16.6. The molecule has 5 rings (SSSR count). The first-order valence-corrected chi connectivity index (χ1v) is 19.5. The number of aryl methyl sites for hydroxylation is 1. The highest BCUT2D eigenvalue weighted by molar-refractivity contribution is 6.74. The molecule has 1 saturated heterocycles. The highest BCUT2D eigenvalue weighted by atomic mass is 28.4. The lowest BCUT2D eigenvalue weighted by molar-refractivity contribution is -0.133. The molecule has 1 aromatic heterocycles. The van der Waals surface area contributed by atoms with E-state index >= 15 is 0 Å². The van der Waals surface area contributed by atoms with Crippen LogP contribution in [0.5, 0.6) is 0 Å². The number of anilines is 3. The molecule has 0 bridgehead atoms. The third-order valence-corrected chi connectivity index (χ3v) is 14.1. The highest BCUT2D eigenvalue weighted by Gasteiger charge is 2.47. The molecule has 262 valence electrons. The van der Waals surface area contributed by atoms with Gasteiger partial charge in [-0.25, -0.2) is 23.5 Å². The summed E-state index contributed by atoms with van der Waals surface area (Å²) in [5.74, 6) is -2.27. The van der Waals surface area contributed by atoms with E-state index in [1.165, 1.54) is 0 Å². The predicted molar refractivity (Wildman–Crippen MR) is 191 cm³/mol. The first-order chi connectivity index (χ1) is 22.6. The van der Waals surface area contributed by atoms with Crippen LogP contribution < -0.4 is 10.2 Å². The van der Waals surface area contributed by atoms with Crippen molar-refractivity contribution in [3.8, 4) is 17.3 Å². The van der Waals surface area contributed by atoms with Gasteiger partial charge < -0.3 is 14.5 Å². The Morgan fingerprint density at radius 2 is 1.78 bits per heavy atom. The maximum absolute atomic E-state index is 13.6. The number of rotatable bonds is 8. The zero-order valence-electron chi connectivity index (χ0n) is 30.3. The minimum Gasteiger partial charge on any atom is -0.443 e. The van der Waals surface area contributed by atoms with E-state index in [1.807, 2.05) is 52.0 Å². The summed E-state index contributed by atoms with van der Waals surface area (Å²) in [6, 6.07) is 13.7. The number of likely N-dealkylation sites (tertiary alicyclic amines) is 1. The smallest absolute Gasteiger partial charge is 0.414 e. The van der Waals surface area contributed by atoms with Crippen molar-refractivity contribution in [1.82, 2.24) is 14.9 Å². The van der Waals surface area contributed by atoms with E-state index in [9.17, 15) is 18.8 Å². The molecule has 0 aliphatic carbocycles. The second-order valence-corrected chi connectivity index (χ2v) is 21.1. The summed E-state index contributed by atoms with van der Waals surface area (Å²) in [6.45, 7) is 21.1. The normalized spacial score (nSPS) is 19.2. The van der Waals surface area contributed by atoms with Crippen molar-refractivity contribution in [3.05, 3.63) is 64.8 Å². The standard InChI is InChI=1S/C37H48F2N6O3Si/c1-24-11-12-25(19-44-21-37(38,39)22-44)15-30(24)43-32-41-14-13-29(42-32)26-16-27(18-40)31-28(17-26)36(8,23-47-49(9,10)35(5,6)7)20-45(31)33(46)48-34(2,3)4/h11-17H,19-23H2,1-10H3,(H,41,42,43)/t36-/m1/s1. The first kappa shape index (κ1) is 36.4. The van der Waals surface area contributed by atoms with Crippen LogP contribution in [0.15, 0.2) is 42.6 Å². The highest BCUT2D eigenvalue weighted by Crippen LogP contribution is 2.47. The van der Waals surface area contributed by atoms with Crippen LogP contribution in [0.3, 0.4) is 0 Å². The fourth-order valence-electron chi connectivity index (χ4n) is 5.86. The Morgan fingerprint density at radius 1 is 1.08 bits per heavy atom. The second kappa shape index (κ2) is 12.8. The van der Waals surface area contributed by atoms with Crippen molar-refractivity contribution in [2.24, 2.45) is 0 Å². The number of fused-ring (bicyclic) bond motifs is 1. The van der Waals surface area contributed by atoms with E-state index in [-0.39, 0.29) is 18.1 Å². The quantitative estimate of drug-likeness (QED) is 0.235. The Hall–Kier alpha value is -3.92. The molecule has 12 heteroatoms. The number of amides is 1. The van der Waals surface area contributed by atoms with Gasteiger partial charge in [-0.05, 0) is 86.8 Å². The van der Waals surface area contributed by atoms with E-state index in [0.29, 0.717) is 48.2 Å². The predicted octanol–water partition coefficient (Wildman–Crippen LogP) is 8.55. The van der Waals surface area contributed by atoms with Gasteiger partial charge in [-0.2, -0.15) is 5.26 Å². The molecule has 2 aliphatic rings. The van der Waals surface area contributed by atoms with Crippen molar-refractivity contribution in [3.63, 3.8) is 0 Å². The summed E-state index contributed by atoms with van der Waals surface area (Å²) in [5.41, 5.74) is 4.27. The summed E-state index contributed by atoms with van der Waals surface area (Å²) in [7, 11) is -2.16. The van der Waals surface area contributed by atoms with Gasteiger partial charge in [-0.15, -0.1) is 0 Å². The van der Waals surface area contributed by atoms with Crippen LogP contribution in [-0.2, 0) is 21.1 Å². The van der Waals surface area contributed by atoms with Crippen molar-refractivity contribution >= 4 is 31.7 Å². The molecule has 0 unspecified atom stereocenters. The molecule has 49 heavy (non-hydrogen) atoms. The summed E-state index contributed by atoms with van der Waals surface area (Å²) in [6.07, 6.45) is 1.14. The number of benzene rings is 2. The molecule has 2 aromatic carbocycles. The van der Waals surface area contributed by atoms with Crippen LogP contribution in [0.25, 0.3) is 11.3 Å². The Bertz CT molecular complexity index is 1790. The van der Waals surface area contributed by atoms with Crippen LogP contribution in [-0.4, -0.2) is 67.0 Å². The molecule has 0 spiro atoms. The molecule has 1 amide bonds. The number of alkyl halides is 2. The molecule has 0 radical (unpaired) electrons. The molecule has 1 atom stereocenters. The van der Waals surface area contributed by atoms with Gasteiger partial charge in [0, 0.05) is 42.6 Å². The molecule has 2 aliphatic heterocycles. The third-order valence-electron chi connectivity index (χ3n) is 9.65. The summed E-state index contributed by atoms with van der Waals surface area (Å²) < 4.78 is 39.3. The Balaban J connectivity index is 1.49. The zero-order chi connectivity index (χ0) is 36.2. The van der Waals surface area contributed by atoms with E-state index < -0.39 is 31.3 Å². The topological polar surface area (TPSA) is 104 Å². The molecule has 1 N–H and O–H groups in total. The minimum absolute atomic E-state index is 0.0128. The zero-order valence-corrected chi connectivity index (χ0v) is 31.3. The number of nitrogens with one attached hydrogen (secondary N) is 1. The molecule has 9 nitrogen and oxygen atoms in total. The summed E-state index contributed by atoms with van der Waals surface area (Å²) in [4.78, 5) is 26.1. The second-order valence-electron chi connectivity index (χ2n) is 16.2. The van der Waals surface area contributed by atoms with Gasteiger partial charge in [0.25, 0.3) is 5.92 Å². The van der Waals surface area contributed by atoms with Gasteiger partial charge >= 0.3 is 6.09 Å². The van der Waals surface area contributed by atoms with Crippen molar-refractivity contribution in [1.29, 1.82) is 5.26 Å². The SMILES string of the molecule is Cc1ccc(CN2CC(F)(F)C2)cc1Nc1nccc(-c2cc(C#N)c3c(c2)[C@@](C)(CO[Si](C)(C)C(C)(C)C)CN3C(=O)OC(C)(C)C)n1. The van der Waals surface area contributed by atoms with Crippen LogP contribution >= 0.6 is 0 Å². The maximum atomic E-state index is 13.6. The fourth-order valence-corrected chi connectivity index (χ4v) is 6.98. The number of hydrogen-bond donors (Lipinski definition) is 1. The van der Waals surface area contributed by atoms with Crippen LogP contribution in [0, 0.1) is 18.3 Å². The molecular formula is C37H48F2N6O3Si. The fraction of sp³-hybridized carbons (Fsp3) is 0.514. The molecule has 3 aromatic rings. The number of ether oxygens (including phenoxy) is 1. The van der Waals surface area contributed by atoms with Crippen LogP contribution in [0.1, 0.15) is 70.7 Å². The van der Waals surface area contributed by atoms with Crippen LogP contribution in [0.4, 0.5) is 30.9 Å².